The van der Waals surface area contributed by atoms with Crippen LogP contribution in [0, 0.1) is 0 Å². The number of nitrogens with one attached hydrogen (secondary N) is 1. The van der Waals surface area contributed by atoms with Crippen molar-refractivity contribution in [1.82, 2.24) is 20.1 Å². The molecule has 0 fully saturated rings. The monoisotopic (exact) mass is 211 g/mol. The molecule has 3 N–H and O–H groups in total. The van der Waals surface area contributed by atoms with Gasteiger partial charge in [0.05, 0.1) is 11.7 Å². The van der Waals surface area contributed by atoms with Gasteiger partial charge in [-0.05, 0) is 40.1 Å². The summed E-state index contributed by atoms with van der Waals surface area (Å²) in [6.07, 6.45) is 2.80. The van der Waals surface area contributed by atoms with Gasteiger partial charge < -0.3 is 4.90 Å². The van der Waals surface area contributed by atoms with Crippen LogP contribution >= 0.6 is 0 Å². The van der Waals surface area contributed by atoms with Crippen LogP contribution in [0.2, 0.25) is 0 Å². The Morgan fingerprint density at radius 3 is 2.87 bits per heavy atom. The van der Waals surface area contributed by atoms with Crippen LogP contribution in [0.3, 0.4) is 0 Å². The van der Waals surface area contributed by atoms with Crippen LogP contribution < -0.4 is 11.3 Å². The summed E-state index contributed by atoms with van der Waals surface area (Å²) in [5.41, 5.74) is 4.00. The van der Waals surface area contributed by atoms with E-state index in [4.69, 9.17) is 5.84 Å². The number of nitrogens with zero attached hydrogens (tertiary/aromatic N) is 3. The topological polar surface area (TPSA) is 59.1 Å². The number of rotatable bonds is 6. The number of nitrogens with two attached hydrogens (primary N) is 1. The molecular weight excluding hydrogens is 190 g/mol. The third-order valence-electron chi connectivity index (χ3n) is 2.47. The van der Waals surface area contributed by atoms with Crippen LogP contribution in [0.1, 0.15) is 25.1 Å². The normalized spacial score (nSPS) is 13.4. The Labute approximate surface area is 91.2 Å². The molecule has 86 valence electrons. The average Bonchev–Trinajstić information content (AvgIpc) is 2.66. The third kappa shape index (κ3) is 3.30. The highest BCUT2D eigenvalue weighted by Crippen LogP contribution is 2.15. The van der Waals surface area contributed by atoms with Crippen molar-refractivity contribution in [3.8, 4) is 0 Å². The lowest BCUT2D eigenvalue weighted by Gasteiger charge is -2.19. The Morgan fingerprint density at radius 1 is 1.60 bits per heavy atom. The van der Waals surface area contributed by atoms with E-state index in [1.165, 1.54) is 0 Å². The summed E-state index contributed by atoms with van der Waals surface area (Å²) < 4.78 is 1.97. The summed E-state index contributed by atoms with van der Waals surface area (Å²) in [5, 5.41) is 4.24. The number of aromatic nitrogens is 2. The highest BCUT2D eigenvalue weighted by atomic mass is 15.3. The van der Waals surface area contributed by atoms with Crippen LogP contribution in [0.15, 0.2) is 12.3 Å². The van der Waals surface area contributed by atoms with Gasteiger partial charge in [-0.3, -0.25) is 16.0 Å². The summed E-state index contributed by atoms with van der Waals surface area (Å²) in [7, 11) is 4.12. The van der Waals surface area contributed by atoms with Crippen molar-refractivity contribution in [3.63, 3.8) is 0 Å². The molecule has 5 nitrogen and oxygen atoms in total. The first-order chi connectivity index (χ1) is 7.19. The summed E-state index contributed by atoms with van der Waals surface area (Å²) in [6.45, 7) is 3.96. The molecule has 0 amide bonds. The molecule has 0 spiro atoms. The van der Waals surface area contributed by atoms with Crippen molar-refractivity contribution in [3.05, 3.63) is 18.0 Å². The average molecular weight is 211 g/mol. The summed E-state index contributed by atoms with van der Waals surface area (Å²) in [5.74, 6) is 5.56. The molecule has 5 heteroatoms. The SMILES string of the molecule is CCn1nccc1C(CCN(C)C)NN. The minimum atomic E-state index is 0.176. The number of hydrogen-bond acceptors (Lipinski definition) is 4. The fourth-order valence-electron chi connectivity index (χ4n) is 1.61. The van der Waals surface area contributed by atoms with E-state index in [1.54, 1.807) is 0 Å². The Morgan fingerprint density at radius 2 is 2.33 bits per heavy atom. The summed E-state index contributed by atoms with van der Waals surface area (Å²) in [6, 6.07) is 2.19. The molecule has 1 unspecified atom stereocenters. The van der Waals surface area contributed by atoms with E-state index in [2.05, 4.69) is 36.4 Å². The first-order valence-corrected chi connectivity index (χ1v) is 5.31. The highest BCUT2D eigenvalue weighted by molar-refractivity contribution is 5.06. The van der Waals surface area contributed by atoms with E-state index in [1.807, 2.05) is 16.9 Å². The van der Waals surface area contributed by atoms with Gasteiger partial charge in [-0.2, -0.15) is 5.10 Å². The van der Waals surface area contributed by atoms with Crippen LogP contribution in [-0.2, 0) is 6.54 Å². The van der Waals surface area contributed by atoms with E-state index >= 15 is 0 Å². The fourth-order valence-corrected chi connectivity index (χ4v) is 1.61. The molecule has 0 saturated carbocycles. The molecule has 1 aromatic rings. The Hall–Kier alpha value is -0.910. The molecule has 1 rings (SSSR count). The fraction of sp³-hybridized carbons (Fsp3) is 0.700. The smallest absolute Gasteiger partial charge is 0.0641 e. The largest absolute Gasteiger partial charge is 0.309 e. The van der Waals surface area contributed by atoms with E-state index in [9.17, 15) is 0 Å². The van der Waals surface area contributed by atoms with E-state index in [0.717, 1.165) is 25.2 Å². The van der Waals surface area contributed by atoms with Crippen molar-refractivity contribution >= 4 is 0 Å². The Balaban J connectivity index is 2.65. The molecule has 0 aliphatic rings. The van der Waals surface area contributed by atoms with Gasteiger partial charge in [-0.1, -0.05) is 0 Å². The molecule has 0 bridgehead atoms. The van der Waals surface area contributed by atoms with Crippen LogP contribution in [0.25, 0.3) is 0 Å². The van der Waals surface area contributed by atoms with E-state index < -0.39 is 0 Å². The molecule has 15 heavy (non-hydrogen) atoms. The number of hydrazine groups is 1. The zero-order valence-electron chi connectivity index (χ0n) is 9.77. The minimum absolute atomic E-state index is 0.176. The highest BCUT2D eigenvalue weighted by Gasteiger charge is 2.13. The van der Waals surface area contributed by atoms with Gasteiger partial charge in [0, 0.05) is 12.7 Å². The summed E-state index contributed by atoms with van der Waals surface area (Å²) in [4.78, 5) is 2.15. The summed E-state index contributed by atoms with van der Waals surface area (Å²) >= 11 is 0. The molecule has 1 atom stereocenters. The number of aryl methyl sites for hydroxylation is 1. The molecule has 0 aliphatic heterocycles. The van der Waals surface area contributed by atoms with Gasteiger partial charge in [0.25, 0.3) is 0 Å². The first-order valence-electron chi connectivity index (χ1n) is 5.31. The van der Waals surface area contributed by atoms with Crippen molar-refractivity contribution in [2.24, 2.45) is 5.84 Å². The lowest BCUT2D eigenvalue weighted by molar-refractivity contribution is 0.354. The van der Waals surface area contributed by atoms with Crippen molar-refractivity contribution in [2.45, 2.75) is 25.9 Å². The van der Waals surface area contributed by atoms with Crippen LogP contribution in [-0.4, -0.2) is 35.3 Å². The van der Waals surface area contributed by atoms with Gasteiger partial charge in [-0.25, -0.2) is 0 Å². The van der Waals surface area contributed by atoms with Crippen LogP contribution in [0.5, 0.6) is 0 Å². The maximum Gasteiger partial charge on any atom is 0.0641 e. The lowest BCUT2D eigenvalue weighted by Crippen LogP contribution is -2.32. The molecule has 1 heterocycles. The van der Waals surface area contributed by atoms with Gasteiger partial charge in [0.2, 0.25) is 0 Å². The zero-order chi connectivity index (χ0) is 11.3. The first kappa shape index (κ1) is 12.2. The molecule has 0 aromatic carbocycles. The van der Waals surface area contributed by atoms with Crippen molar-refractivity contribution in [1.29, 1.82) is 0 Å². The molecule has 0 radical (unpaired) electrons. The van der Waals surface area contributed by atoms with E-state index in [-0.39, 0.29) is 6.04 Å². The van der Waals surface area contributed by atoms with Crippen LogP contribution in [0.4, 0.5) is 0 Å². The Bertz CT molecular complexity index is 281. The third-order valence-corrected chi connectivity index (χ3v) is 2.47. The second-order valence-corrected chi connectivity index (χ2v) is 3.88. The maximum absolute atomic E-state index is 5.56. The standard InChI is InChI=1S/C10H21N5/c1-4-15-10(5-7-12-15)9(13-11)6-8-14(2)3/h5,7,9,13H,4,6,8,11H2,1-3H3. The zero-order valence-corrected chi connectivity index (χ0v) is 9.77. The lowest BCUT2D eigenvalue weighted by atomic mass is 10.1. The van der Waals surface area contributed by atoms with Crippen molar-refractivity contribution < 1.29 is 0 Å². The molecule has 1 aromatic heterocycles. The number of hydrogen-bond donors (Lipinski definition) is 2. The quantitative estimate of drug-likeness (QED) is 0.527. The van der Waals surface area contributed by atoms with Gasteiger partial charge in [0.1, 0.15) is 0 Å². The molecule has 0 saturated heterocycles. The van der Waals surface area contributed by atoms with E-state index in [0.29, 0.717) is 0 Å². The maximum atomic E-state index is 5.56. The van der Waals surface area contributed by atoms with Gasteiger partial charge >= 0.3 is 0 Å². The predicted octanol–water partition coefficient (Wildman–Crippen LogP) is 0.359. The second kappa shape index (κ2) is 5.85. The Kier molecular flexibility index (Phi) is 4.74. The second-order valence-electron chi connectivity index (χ2n) is 3.88. The molecular formula is C10H21N5. The predicted molar refractivity (Wildman–Crippen MR) is 61.1 cm³/mol. The van der Waals surface area contributed by atoms with Gasteiger partial charge in [-0.15, -0.1) is 0 Å². The van der Waals surface area contributed by atoms with Gasteiger partial charge in [0.15, 0.2) is 0 Å². The molecule has 0 aliphatic carbocycles. The van der Waals surface area contributed by atoms with Crippen molar-refractivity contribution in [2.75, 3.05) is 20.6 Å². The minimum Gasteiger partial charge on any atom is -0.309 e.